The topological polar surface area (TPSA) is 45.9 Å². The first-order valence-corrected chi connectivity index (χ1v) is 5.73. The van der Waals surface area contributed by atoms with Crippen molar-refractivity contribution in [3.8, 4) is 11.9 Å². The lowest BCUT2D eigenvalue weighted by atomic mass is 9.98. The SMILES string of the molecule is CC(C)(Oc1ncccc1C#N)c1ccccc1. The quantitative estimate of drug-likeness (QED) is 0.824. The molecule has 1 aromatic heterocycles. The van der Waals surface area contributed by atoms with Gasteiger partial charge >= 0.3 is 0 Å². The van der Waals surface area contributed by atoms with Crippen molar-refractivity contribution in [2.45, 2.75) is 19.4 Å². The first-order chi connectivity index (χ1) is 8.63. The molecule has 3 nitrogen and oxygen atoms in total. The smallest absolute Gasteiger partial charge is 0.232 e. The van der Waals surface area contributed by atoms with Gasteiger partial charge in [0, 0.05) is 6.20 Å². The molecule has 0 N–H and O–H groups in total. The van der Waals surface area contributed by atoms with E-state index in [0.29, 0.717) is 11.4 Å². The first-order valence-electron chi connectivity index (χ1n) is 5.73. The Labute approximate surface area is 107 Å². The minimum absolute atomic E-state index is 0.369. The van der Waals surface area contributed by atoms with Crippen LogP contribution in [0.2, 0.25) is 0 Å². The van der Waals surface area contributed by atoms with Gasteiger partial charge in [-0.25, -0.2) is 4.98 Å². The Balaban J connectivity index is 2.31. The molecule has 0 unspecified atom stereocenters. The maximum absolute atomic E-state index is 9.02. The van der Waals surface area contributed by atoms with Gasteiger partial charge in [0.05, 0.1) is 0 Å². The van der Waals surface area contributed by atoms with E-state index in [-0.39, 0.29) is 0 Å². The monoisotopic (exact) mass is 238 g/mol. The van der Waals surface area contributed by atoms with Crippen LogP contribution < -0.4 is 4.74 Å². The van der Waals surface area contributed by atoms with E-state index in [4.69, 9.17) is 10.00 Å². The van der Waals surface area contributed by atoms with Gasteiger partial charge in [-0.1, -0.05) is 30.3 Å². The van der Waals surface area contributed by atoms with Crippen LogP contribution in [-0.2, 0) is 5.60 Å². The number of benzene rings is 1. The molecule has 3 heteroatoms. The summed E-state index contributed by atoms with van der Waals surface area (Å²) in [5.41, 5.74) is 0.961. The summed E-state index contributed by atoms with van der Waals surface area (Å²) in [5, 5.41) is 9.02. The summed E-state index contributed by atoms with van der Waals surface area (Å²) >= 11 is 0. The van der Waals surface area contributed by atoms with Gasteiger partial charge in [0.1, 0.15) is 17.2 Å². The Morgan fingerprint density at radius 3 is 2.50 bits per heavy atom. The molecule has 0 fully saturated rings. The van der Waals surface area contributed by atoms with E-state index < -0.39 is 5.60 Å². The molecule has 0 amide bonds. The molecule has 1 heterocycles. The predicted octanol–water partition coefficient (Wildman–Crippen LogP) is 3.27. The third kappa shape index (κ3) is 2.49. The Kier molecular flexibility index (Phi) is 3.29. The molecule has 2 aromatic rings. The molecule has 90 valence electrons. The molecule has 0 aliphatic carbocycles. The highest BCUT2D eigenvalue weighted by Crippen LogP contribution is 2.27. The molecule has 0 atom stereocenters. The molecule has 0 aliphatic rings. The molecular weight excluding hydrogens is 224 g/mol. The second-order valence-corrected chi connectivity index (χ2v) is 4.45. The van der Waals surface area contributed by atoms with E-state index in [1.54, 1.807) is 18.3 Å². The number of aromatic nitrogens is 1. The minimum Gasteiger partial charge on any atom is -0.466 e. The lowest BCUT2D eigenvalue weighted by Crippen LogP contribution is -2.26. The Morgan fingerprint density at radius 1 is 1.11 bits per heavy atom. The van der Waals surface area contributed by atoms with Crippen molar-refractivity contribution in [2.24, 2.45) is 0 Å². The van der Waals surface area contributed by atoms with Gasteiger partial charge < -0.3 is 4.74 Å². The molecule has 18 heavy (non-hydrogen) atoms. The number of pyridine rings is 1. The molecule has 0 bridgehead atoms. The summed E-state index contributed by atoms with van der Waals surface area (Å²) in [6.45, 7) is 3.91. The normalized spacial score (nSPS) is 10.7. The maximum atomic E-state index is 9.02. The number of hydrogen-bond donors (Lipinski definition) is 0. The van der Waals surface area contributed by atoms with Crippen LogP contribution in [0.25, 0.3) is 0 Å². The zero-order valence-electron chi connectivity index (χ0n) is 10.4. The van der Waals surface area contributed by atoms with E-state index in [0.717, 1.165) is 5.56 Å². The number of nitrogens with zero attached hydrogens (tertiary/aromatic N) is 2. The van der Waals surface area contributed by atoms with Gasteiger partial charge in [-0.15, -0.1) is 0 Å². The van der Waals surface area contributed by atoms with Crippen LogP contribution in [0.4, 0.5) is 0 Å². The molecule has 1 aromatic carbocycles. The molecule has 0 aliphatic heterocycles. The molecule has 0 spiro atoms. The molecule has 0 saturated carbocycles. The van der Waals surface area contributed by atoms with Crippen LogP contribution in [0.3, 0.4) is 0 Å². The third-order valence-corrected chi connectivity index (χ3v) is 2.71. The van der Waals surface area contributed by atoms with Crippen molar-refractivity contribution in [3.63, 3.8) is 0 Å². The van der Waals surface area contributed by atoms with E-state index in [2.05, 4.69) is 11.1 Å². The molecule has 0 radical (unpaired) electrons. The van der Waals surface area contributed by atoms with Gasteiger partial charge in [0.25, 0.3) is 0 Å². The average molecular weight is 238 g/mol. The van der Waals surface area contributed by atoms with E-state index in [1.165, 1.54) is 0 Å². The van der Waals surface area contributed by atoms with Gasteiger partial charge in [-0.2, -0.15) is 5.26 Å². The fourth-order valence-electron chi connectivity index (χ4n) is 1.70. The van der Waals surface area contributed by atoms with Gasteiger partial charge in [0.2, 0.25) is 5.88 Å². The fraction of sp³-hybridized carbons (Fsp3) is 0.200. The largest absolute Gasteiger partial charge is 0.466 e. The maximum Gasteiger partial charge on any atom is 0.232 e. The lowest BCUT2D eigenvalue weighted by molar-refractivity contribution is 0.102. The van der Waals surface area contributed by atoms with Gasteiger partial charge in [-0.3, -0.25) is 0 Å². The lowest BCUT2D eigenvalue weighted by Gasteiger charge is -2.26. The first kappa shape index (κ1) is 12.1. The number of ether oxygens (including phenoxy) is 1. The van der Waals surface area contributed by atoms with Crippen molar-refractivity contribution in [1.29, 1.82) is 5.26 Å². The molecule has 0 saturated heterocycles. The highest BCUT2D eigenvalue weighted by atomic mass is 16.5. The minimum atomic E-state index is -0.527. The van der Waals surface area contributed by atoms with Gasteiger partial charge in [0.15, 0.2) is 0 Å². The predicted molar refractivity (Wildman–Crippen MR) is 69.0 cm³/mol. The number of nitriles is 1. The van der Waals surface area contributed by atoms with Crippen molar-refractivity contribution < 1.29 is 4.74 Å². The fourth-order valence-corrected chi connectivity index (χ4v) is 1.70. The molecule has 2 rings (SSSR count). The van der Waals surface area contributed by atoms with Crippen LogP contribution in [0, 0.1) is 11.3 Å². The van der Waals surface area contributed by atoms with Gasteiger partial charge in [-0.05, 0) is 31.5 Å². The van der Waals surface area contributed by atoms with Crippen molar-refractivity contribution >= 4 is 0 Å². The Morgan fingerprint density at radius 2 is 1.83 bits per heavy atom. The molecular formula is C15H14N2O. The average Bonchev–Trinajstić information content (AvgIpc) is 2.40. The summed E-state index contributed by atoms with van der Waals surface area (Å²) < 4.78 is 5.88. The zero-order valence-corrected chi connectivity index (χ0v) is 10.4. The second kappa shape index (κ2) is 4.89. The van der Waals surface area contributed by atoms with Crippen LogP contribution in [0.1, 0.15) is 25.0 Å². The summed E-state index contributed by atoms with van der Waals surface area (Å²) in [6, 6.07) is 15.4. The standard InChI is InChI=1S/C15H14N2O/c1-15(2,13-8-4-3-5-9-13)18-14-12(11-16)7-6-10-17-14/h3-10H,1-2H3. The number of hydrogen-bond acceptors (Lipinski definition) is 3. The van der Waals surface area contributed by atoms with Crippen LogP contribution in [0.5, 0.6) is 5.88 Å². The Bertz CT molecular complexity index is 571. The van der Waals surface area contributed by atoms with E-state index in [1.807, 2.05) is 44.2 Å². The van der Waals surface area contributed by atoms with Crippen molar-refractivity contribution in [2.75, 3.05) is 0 Å². The number of rotatable bonds is 3. The summed E-state index contributed by atoms with van der Waals surface area (Å²) in [6.07, 6.45) is 1.62. The highest BCUT2D eigenvalue weighted by molar-refractivity contribution is 5.38. The third-order valence-electron chi connectivity index (χ3n) is 2.71. The summed E-state index contributed by atoms with van der Waals surface area (Å²) in [7, 11) is 0. The van der Waals surface area contributed by atoms with Crippen molar-refractivity contribution in [1.82, 2.24) is 4.98 Å². The van der Waals surface area contributed by atoms with E-state index in [9.17, 15) is 0 Å². The van der Waals surface area contributed by atoms with Crippen LogP contribution >= 0.6 is 0 Å². The summed E-state index contributed by atoms with van der Waals surface area (Å²) in [5.74, 6) is 0.369. The van der Waals surface area contributed by atoms with Crippen LogP contribution in [-0.4, -0.2) is 4.98 Å². The second-order valence-electron chi connectivity index (χ2n) is 4.45. The zero-order chi connectivity index (χ0) is 13.0. The Hall–Kier alpha value is -2.34. The highest BCUT2D eigenvalue weighted by Gasteiger charge is 2.24. The van der Waals surface area contributed by atoms with Crippen molar-refractivity contribution in [3.05, 3.63) is 59.8 Å². The van der Waals surface area contributed by atoms with E-state index >= 15 is 0 Å². The summed E-state index contributed by atoms with van der Waals surface area (Å²) in [4.78, 5) is 4.12. The van der Waals surface area contributed by atoms with Crippen LogP contribution in [0.15, 0.2) is 48.7 Å².